The molecule has 0 unspecified atom stereocenters. The number of benzene rings is 2. The number of fused-ring (bicyclic) bond motifs is 1. The average Bonchev–Trinajstić information content (AvgIpc) is 3.25. The lowest BCUT2D eigenvalue weighted by atomic mass is 10.1. The molecule has 0 aliphatic carbocycles. The molecule has 160 valence electrons. The van der Waals surface area contributed by atoms with Gasteiger partial charge in [0, 0.05) is 45.7 Å². The minimum absolute atomic E-state index is 0.111. The molecular formula is C24H31N3O3. The summed E-state index contributed by atoms with van der Waals surface area (Å²) < 4.78 is 10.7. The molecule has 2 aliphatic heterocycles. The Hall–Kier alpha value is -2.57. The summed E-state index contributed by atoms with van der Waals surface area (Å²) >= 11 is 0. The van der Waals surface area contributed by atoms with E-state index in [1.54, 1.807) is 0 Å². The molecule has 1 saturated heterocycles. The molecule has 2 aliphatic rings. The van der Waals surface area contributed by atoms with Crippen molar-refractivity contribution in [2.75, 3.05) is 46.1 Å². The molecule has 1 N–H and O–H groups in total. The number of hydrogen-bond donors (Lipinski definition) is 1. The predicted molar refractivity (Wildman–Crippen MR) is 117 cm³/mol. The standard InChI is InChI=1S/C24H31N3O3/c28-24(10-8-20-7-9-22-23(17-20)30-19-29-22)25-11-4-12-26-13-15-27(16-14-26)18-21-5-2-1-3-6-21/h1-3,5-7,9,17H,4,8,10-16,18-19H2,(H,25,28). The van der Waals surface area contributed by atoms with Gasteiger partial charge in [0.1, 0.15) is 0 Å². The Kier molecular flexibility index (Phi) is 7.21. The van der Waals surface area contributed by atoms with Gasteiger partial charge < -0.3 is 19.7 Å². The fraction of sp³-hybridized carbons (Fsp3) is 0.458. The van der Waals surface area contributed by atoms with Gasteiger partial charge in [-0.3, -0.25) is 9.69 Å². The predicted octanol–water partition coefficient (Wildman–Crippen LogP) is 2.67. The number of carbonyl (C=O) groups excluding carboxylic acids is 1. The van der Waals surface area contributed by atoms with Gasteiger partial charge in [0.05, 0.1) is 0 Å². The van der Waals surface area contributed by atoms with Crippen LogP contribution in [0.25, 0.3) is 0 Å². The third-order valence-electron chi connectivity index (χ3n) is 5.76. The second-order valence-corrected chi connectivity index (χ2v) is 7.99. The first-order chi connectivity index (χ1) is 14.8. The van der Waals surface area contributed by atoms with Crippen LogP contribution in [0.2, 0.25) is 0 Å². The zero-order valence-corrected chi connectivity index (χ0v) is 17.5. The van der Waals surface area contributed by atoms with E-state index >= 15 is 0 Å². The van der Waals surface area contributed by atoms with E-state index in [4.69, 9.17) is 9.47 Å². The first kappa shape index (κ1) is 20.7. The molecule has 30 heavy (non-hydrogen) atoms. The fourth-order valence-electron chi connectivity index (χ4n) is 3.99. The number of hydrogen-bond acceptors (Lipinski definition) is 5. The van der Waals surface area contributed by atoms with Crippen molar-refractivity contribution in [3.8, 4) is 11.5 Å². The van der Waals surface area contributed by atoms with Crippen molar-refractivity contribution in [3.63, 3.8) is 0 Å². The average molecular weight is 410 g/mol. The topological polar surface area (TPSA) is 54.0 Å². The number of nitrogens with zero attached hydrogens (tertiary/aromatic N) is 2. The molecule has 2 aromatic carbocycles. The summed E-state index contributed by atoms with van der Waals surface area (Å²) in [6.45, 7) is 7.52. The molecule has 0 saturated carbocycles. The minimum Gasteiger partial charge on any atom is -0.454 e. The number of piperazine rings is 1. The van der Waals surface area contributed by atoms with Gasteiger partial charge in [-0.2, -0.15) is 0 Å². The van der Waals surface area contributed by atoms with E-state index in [-0.39, 0.29) is 12.7 Å². The second kappa shape index (κ2) is 10.5. The second-order valence-electron chi connectivity index (χ2n) is 7.99. The molecule has 2 heterocycles. The van der Waals surface area contributed by atoms with Gasteiger partial charge in [-0.15, -0.1) is 0 Å². The van der Waals surface area contributed by atoms with Crippen LogP contribution in [-0.2, 0) is 17.8 Å². The Balaban J connectivity index is 1.06. The van der Waals surface area contributed by atoms with Crippen molar-refractivity contribution in [2.24, 2.45) is 0 Å². The lowest BCUT2D eigenvalue weighted by Crippen LogP contribution is -2.46. The number of aryl methyl sites for hydroxylation is 1. The molecule has 6 nitrogen and oxygen atoms in total. The largest absolute Gasteiger partial charge is 0.454 e. The van der Waals surface area contributed by atoms with Crippen molar-refractivity contribution in [1.82, 2.24) is 15.1 Å². The first-order valence-corrected chi connectivity index (χ1v) is 10.9. The van der Waals surface area contributed by atoms with Gasteiger partial charge in [-0.25, -0.2) is 0 Å². The Bertz CT molecular complexity index is 820. The van der Waals surface area contributed by atoms with E-state index in [0.717, 1.165) is 69.3 Å². The Labute approximate surface area is 178 Å². The Morgan fingerprint density at radius 1 is 0.900 bits per heavy atom. The fourth-order valence-corrected chi connectivity index (χ4v) is 3.99. The molecule has 0 atom stereocenters. The summed E-state index contributed by atoms with van der Waals surface area (Å²) in [5, 5.41) is 3.05. The van der Waals surface area contributed by atoms with Gasteiger partial charge in [-0.05, 0) is 42.6 Å². The third kappa shape index (κ3) is 5.97. The summed E-state index contributed by atoms with van der Waals surface area (Å²) in [7, 11) is 0. The summed E-state index contributed by atoms with van der Waals surface area (Å²) in [5.74, 6) is 1.67. The van der Waals surface area contributed by atoms with Crippen LogP contribution in [0.5, 0.6) is 11.5 Å². The summed E-state index contributed by atoms with van der Waals surface area (Å²) in [5.41, 5.74) is 2.48. The van der Waals surface area contributed by atoms with Crippen LogP contribution in [0.3, 0.4) is 0 Å². The number of rotatable bonds is 9. The van der Waals surface area contributed by atoms with E-state index in [1.165, 1.54) is 5.56 Å². The molecule has 0 bridgehead atoms. The molecule has 1 fully saturated rings. The van der Waals surface area contributed by atoms with Crippen molar-refractivity contribution in [2.45, 2.75) is 25.8 Å². The van der Waals surface area contributed by atoms with Crippen LogP contribution in [0, 0.1) is 0 Å². The molecule has 0 spiro atoms. The van der Waals surface area contributed by atoms with E-state index < -0.39 is 0 Å². The van der Waals surface area contributed by atoms with Crippen molar-refractivity contribution in [3.05, 3.63) is 59.7 Å². The molecule has 0 radical (unpaired) electrons. The van der Waals surface area contributed by atoms with Crippen LogP contribution < -0.4 is 14.8 Å². The summed E-state index contributed by atoms with van der Waals surface area (Å²) in [6.07, 6.45) is 2.21. The maximum absolute atomic E-state index is 12.1. The number of ether oxygens (including phenoxy) is 2. The maximum Gasteiger partial charge on any atom is 0.231 e. The highest BCUT2D eigenvalue weighted by Gasteiger charge is 2.17. The van der Waals surface area contributed by atoms with Crippen LogP contribution >= 0.6 is 0 Å². The SMILES string of the molecule is O=C(CCc1ccc2c(c1)OCO2)NCCCN1CCN(Cc2ccccc2)CC1. The molecule has 6 heteroatoms. The zero-order chi connectivity index (χ0) is 20.6. The highest BCUT2D eigenvalue weighted by molar-refractivity contribution is 5.76. The monoisotopic (exact) mass is 409 g/mol. The van der Waals surface area contributed by atoms with E-state index in [9.17, 15) is 4.79 Å². The lowest BCUT2D eigenvalue weighted by molar-refractivity contribution is -0.121. The van der Waals surface area contributed by atoms with Crippen molar-refractivity contribution in [1.29, 1.82) is 0 Å². The summed E-state index contributed by atoms with van der Waals surface area (Å²) in [6, 6.07) is 16.5. The number of amides is 1. The Morgan fingerprint density at radius 3 is 2.50 bits per heavy atom. The highest BCUT2D eigenvalue weighted by atomic mass is 16.7. The van der Waals surface area contributed by atoms with Crippen molar-refractivity contribution >= 4 is 5.91 Å². The first-order valence-electron chi connectivity index (χ1n) is 10.9. The smallest absolute Gasteiger partial charge is 0.231 e. The normalized spacial score (nSPS) is 16.5. The van der Waals surface area contributed by atoms with Gasteiger partial charge >= 0.3 is 0 Å². The van der Waals surface area contributed by atoms with Crippen LogP contribution in [0.15, 0.2) is 48.5 Å². The molecular weight excluding hydrogens is 378 g/mol. The molecule has 1 amide bonds. The van der Waals surface area contributed by atoms with Gasteiger partial charge in [0.15, 0.2) is 11.5 Å². The van der Waals surface area contributed by atoms with Crippen molar-refractivity contribution < 1.29 is 14.3 Å². The molecule has 4 rings (SSSR count). The van der Waals surface area contributed by atoms with E-state index in [0.29, 0.717) is 12.8 Å². The minimum atomic E-state index is 0.111. The quantitative estimate of drug-likeness (QED) is 0.646. The molecule has 2 aromatic rings. The van der Waals surface area contributed by atoms with Gasteiger partial charge in [-0.1, -0.05) is 36.4 Å². The van der Waals surface area contributed by atoms with E-state index in [1.807, 2.05) is 18.2 Å². The highest BCUT2D eigenvalue weighted by Crippen LogP contribution is 2.32. The lowest BCUT2D eigenvalue weighted by Gasteiger charge is -2.34. The maximum atomic E-state index is 12.1. The molecule has 0 aromatic heterocycles. The zero-order valence-electron chi connectivity index (χ0n) is 17.5. The van der Waals surface area contributed by atoms with Gasteiger partial charge in [0.25, 0.3) is 0 Å². The van der Waals surface area contributed by atoms with Crippen LogP contribution in [-0.4, -0.2) is 61.8 Å². The number of nitrogens with one attached hydrogen (secondary N) is 1. The number of carbonyl (C=O) groups is 1. The van der Waals surface area contributed by atoms with Gasteiger partial charge in [0.2, 0.25) is 12.7 Å². The van der Waals surface area contributed by atoms with E-state index in [2.05, 4.69) is 45.4 Å². The van der Waals surface area contributed by atoms with Crippen LogP contribution in [0.4, 0.5) is 0 Å². The third-order valence-corrected chi connectivity index (χ3v) is 5.76. The Morgan fingerprint density at radius 2 is 1.67 bits per heavy atom. The van der Waals surface area contributed by atoms with Crippen LogP contribution in [0.1, 0.15) is 24.0 Å². The summed E-state index contributed by atoms with van der Waals surface area (Å²) in [4.78, 5) is 17.1.